The van der Waals surface area contributed by atoms with Gasteiger partial charge in [-0.05, 0) is 11.6 Å². The first-order valence-corrected chi connectivity index (χ1v) is 5.92. The average molecular weight is 249 g/mol. The molecule has 1 aromatic carbocycles. The van der Waals surface area contributed by atoms with Crippen LogP contribution < -0.4 is 11.5 Å². The van der Waals surface area contributed by atoms with Gasteiger partial charge in [0.2, 0.25) is 0 Å². The van der Waals surface area contributed by atoms with Gasteiger partial charge in [-0.15, -0.1) is 0 Å². The first-order valence-electron chi connectivity index (χ1n) is 5.92. The molecule has 0 amide bonds. The minimum atomic E-state index is -1.00. The highest BCUT2D eigenvalue weighted by Crippen LogP contribution is 2.23. The summed E-state index contributed by atoms with van der Waals surface area (Å²) in [4.78, 5) is 13.7. The number of rotatable bonds is 3. The van der Waals surface area contributed by atoms with Crippen LogP contribution >= 0.6 is 0 Å². The standard InChI is InChI=1S/C11H13N3O2.C2H6/c12-8-3-1-2-7-6(5-14-10(7)8)4-9(13)11(15)16;1-2/h1-3,5,9,14H,4,12-13H2,(H,15,16);1-2H3. The smallest absolute Gasteiger partial charge is 0.320 e. The van der Waals surface area contributed by atoms with E-state index in [1.165, 1.54) is 0 Å². The Labute approximate surface area is 106 Å². The van der Waals surface area contributed by atoms with Crippen LogP contribution in [-0.2, 0) is 11.2 Å². The molecule has 1 unspecified atom stereocenters. The average Bonchev–Trinajstić information content (AvgIpc) is 2.76. The summed E-state index contributed by atoms with van der Waals surface area (Å²) in [5, 5.41) is 9.68. The molecule has 98 valence electrons. The molecule has 1 atom stereocenters. The monoisotopic (exact) mass is 249 g/mol. The molecule has 1 aromatic heterocycles. The van der Waals surface area contributed by atoms with Crippen molar-refractivity contribution in [3.8, 4) is 0 Å². The third-order valence-electron chi connectivity index (χ3n) is 2.59. The number of para-hydroxylation sites is 1. The molecule has 5 nitrogen and oxygen atoms in total. The summed E-state index contributed by atoms with van der Waals surface area (Å²) in [7, 11) is 0. The van der Waals surface area contributed by atoms with Crippen LogP contribution in [0.2, 0.25) is 0 Å². The van der Waals surface area contributed by atoms with E-state index >= 15 is 0 Å². The van der Waals surface area contributed by atoms with E-state index in [0.717, 1.165) is 16.5 Å². The predicted octanol–water partition coefficient (Wildman–Crippen LogP) is 1.73. The zero-order chi connectivity index (χ0) is 13.7. The van der Waals surface area contributed by atoms with E-state index in [2.05, 4.69) is 4.98 Å². The van der Waals surface area contributed by atoms with Gasteiger partial charge in [0.15, 0.2) is 0 Å². The van der Waals surface area contributed by atoms with E-state index in [1.54, 1.807) is 12.3 Å². The number of nitrogens with one attached hydrogen (secondary N) is 1. The molecule has 0 bridgehead atoms. The zero-order valence-electron chi connectivity index (χ0n) is 10.6. The van der Waals surface area contributed by atoms with Crippen LogP contribution in [0.4, 0.5) is 5.69 Å². The summed E-state index contributed by atoms with van der Waals surface area (Å²) in [5.41, 5.74) is 13.6. The van der Waals surface area contributed by atoms with E-state index in [9.17, 15) is 4.79 Å². The van der Waals surface area contributed by atoms with Gasteiger partial charge in [-0.2, -0.15) is 0 Å². The van der Waals surface area contributed by atoms with Crippen molar-refractivity contribution in [3.05, 3.63) is 30.0 Å². The van der Waals surface area contributed by atoms with Crippen LogP contribution in [0.3, 0.4) is 0 Å². The Hall–Kier alpha value is -2.01. The van der Waals surface area contributed by atoms with Gasteiger partial charge < -0.3 is 21.6 Å². The molecular formula is C13H19N3O2. The summed E-state index contributed by atoms with van der Waals surface area (Å²) < 4.78 is 0. The minimum absolute atomic E-state index is 0.290. The Balaban J connectivity index is 0.000000771. The Kier molecular flexibility index (Phi) is 4.74. The highest BCUT2D eigenvalue weighted by atomic mass is 16.4. The van der Waals surface area contributed by atoms with E-state index < -0.39 is 12.0 Å². The van der Waals surface area contributed by atoms with Gasteiger partial charge in [0.1, 0.15) is 6.04 Å². The number of carbonyl (C=O) groups is 1. The van der Waals surface area contributed by atoms with Crippen molar-refractivity contribution in [2.75, 3.05) is 5.73 Å². The Bertz CT molecular complexity index is 534. The fraction of sp³-hybridized carbons (Fsp3) is 0.308. The third kappa shape index (κ3) is 2.81. The molecule has 0 aliphatic heterocycles. The number of nitrogens with two attached hydrogens (primary N) is 2. The number of aliphatic carboxylic acids is 1. The van der Waals surface area contributed by atoms with Gasteiger partial charge >= 0.3 is 5.97 Å². The van der Waals surface area contributed by atoms with Gasteiger partial charge in [-0.3, -0.25) is 4.79 Å². The van der Waals surface area contributed by atoms with Crippen LogP contribution in [-0.4, -0.2) is 22.1 Å². The first kappa shape index (κ1) is 14.1. The number of aromatic amines is 1. The van der Waals surface area contributed by atoms with Gasteiger partial charge in [0, 0.05) is 18.0 Å². The normalized spacial score (nSPS) is 11.7. The fourth-order valence-electron chi connectivity index (χ4n) is 1.73. The Morgan fingerprint density at radius 3 is 2.72 bits per heavy atom. The number of benzene rings is 1. The molecule has 6 N–H and O–H groups in total. The first-order chi connectivity index (χ1) is 8.59. The second-order valence-corrected chi connectivity index (χ2v) is 3.73. The van der Waals surface area contributed by atoms with Gasteiger partial charge in [0.25, 0.3) is 0 Å². The summed E-state index contributed by atoms with van der Waals surface area (Å²) in [6, 6.07) is 4.63. The van der Waals surface area contributed by atoms with E-state index in [4.69, 9.17) is 16.6 Å². The lowest BCUT2D eigenvalue weighted by Crippen LogP contribution is -2.32. The largest absolute Gasteiger partial charge is 0.480 e. The van der Waals surface area contributed by atoms with Crippen LogP contribution in [0.5, 0.6) is 0 Å². The number of carboxylic acids is 1. The number of nitrogen functional groups attached to an aromatic ring is 1. The molecule has 2 rings (SSSR count). The molecular weight excluding hydrogens is 230 g/mol. The zero-order valence-corrected chi connectivity index (χ0v) is 10.6. The number of anilines is 1. The molecule has 0 spiro atoms. The molecule has 18 heavy (non-hydrogen) atoms. The van der Waals surface area contributed by atoms with Gasteiger partial charge in [0.05, 0.1) is 11.2 Å². The predicted molar refractivity (Wildman–Crippen MR) is 73.4 cm³/mol. The minimum Gasteiger partial charge on any atom is -0.480 e. The molecule has 1 heterocycles. The summed E-state index contributed by atoms with van der Waals surface area (Å²) in [5.74, 6) is -1.00. The second-order valence-electron chi connectivity index (χ2n) is 3.73. The summed E-state index contributed by atoms with van der Waals surface area (Å²) in [6.07, 6.45) is 2.04. The number of aromatic nitrogens is 1. The summed E-state index contributed by atoms with van der Waals surface area (Å²) >= 11 is 0. The summed E-state index contributed by atoms with van der Waals surface area (Å²) in [6.45, 7) is 4.00. The highest BCUT2D eigenvalue weighted by molar-refractivity contribution is 5.92. The lowest BCUT2D eigenvalue weighted by molar-refractivity contribution is -0.138. The molecule has 0 fully saturated rings. The maximum atomic E-state index is 10.7. The number of hydrogen-bond acceptors (Lipinski definition) is 3. The third-order valence-corrected chi connectivity index (χ3v) is 2.59. The molecule has 0 saturated heterocycles. The van der Waals surface area contributed by atoms with Crippen LogP contribution in [0.1, 0.15) is 19.4 Å². The highest BCUT2D eigenvalue weighted by Gasteiger charge is 2.15. The molecule has 0 aliphatic rings. The van der Waals surface area contributed by atoms with Crippen molar-refractivity contribution in [3.63, 3.8) is 0 Å². The SMILES string of the molecule is CC.Nc1cccc2c(CC(N)C(=O)O)c[nH]c12. The maximum absolute atomic E-state index is 10.7. The van der Waals surface area contributed by atoms with Gasteiger partial charge in [-0.25, -0.2) is 0 Å². The van der Waals surface area contributed by atoms with Crippen LogP contribution in [0, 0.1) is 0 Å². The molecule has 5 heteroatoms. The lowest BCUT2D eigenvalue weighted by atomic mass is 10.1. The van der Waals surface area contributed by atoms with Crippen LogP contribution in [0.25, 0.3) is 10.9 Å². The van der Waals surface area contributed by atoms with E-state index in [1.807, 2.05) is 26.0 Å². The van der Waals surface area contributed by atoms with Gasteiger partial charge in [-0.1, -0.05) is 26.0 Å². The Morgan fingerprint density at radius 1 is 1.44 bits per heavy atom. The van der Waals surface area contributed by atoms with Crippen molar-refractivity contribution in [2.45, 2.75) is 26.3 Å². The molecule has 0 aliphatic carbocycles. The van der Waals surface area contributed by atoms with Crippen molar-refractivity contribution in [1.82, 2.24) is 4.98 Å². The van der Waals surface area contributed by atoms with E-state index in [-0.39, 0.29) is 0 Å². The van der Waals surface area contributed by atoms with Crippen molar-refractivity contribution >= 4 is 22.6 Å². The van der Waals surface area contributed by atoms with E-state index in [0.29, 0.717) is 12.1 Å². The number of carboxylic acid groups (broad SMARTS) is 1. The quantitative estimate of drug-likeness (QED) is 0.621. The number of H-pyrrole nitrogens is 1. The molecule has 0 radical (unpaired) electrons. The number of fused-ring (bicyclic) bond motifs is 1. The lowest BCUT2D eigenvalue weighted by Gasteiger charge is -2.04. The fourth-order valence-corrected chi connectivity index (χ4v) is 1.73. The maximum Gasteiger partial charge on any atom is 0.320 e. The van der Waals surface area contributed by atoms with Crippen molar-refractivity contribution in [1.29, 1.82) is 0 Å². The second kappa shape index (κ2) is 6.07. The topological polar surface area (TPSA) is 105 Å². The number of hydrogen-bond donors (Lipinski definition) is 4. The van der Waals surface area contributed by atoms with Crippen molar-refractivity contribution < 1.29 is 9.90 Å². The molecule has 2 aromatic rings. The van der Waals surface area contributed by atoms with Crippen LogP contribution in [0.15, 0.2) is 24.4 Å². The Morgan fingerprint density at radius 2 is 2.11 bits per heavy atom. The molecule has 0 saturated carbocycles. The van der Waals surface area contributed by atoms with Crippen molar-refractivity contribution in [2.24, 2.45) is 5.73 Å².